The molecule has 0 saturated carbocycles. The van der Waals surface area contributed by atoms with E-state index in [1.807, 2.05) is 19.4 Å². The average molecular weight is 379 g/mol. The highest BCUT2D eigenvalue weighted by atomic mass is 32.2. The van der Waals surface area contributed by atoms with Gasteiger partial charge in [-0.3, -0.25) is 14.4 Å². The first-order chi connectivity index (χ1) is 12.1. The maximum absolute atomic E-state index is 12.2. The summed E-state index contributed by atoms with van der Waals surface area (Å²) in [6.45, 7) is 5.43. The van der Waals surface area contributed by atoms with Crippen LogP contribution < -0.4 is 10.5 Å². The molecule has 8 nitrogen and oxygen atoms in total. The van der Waals surface area contributed by atoms with Gasteiger partial charge in [0.1, 0.15) is 0 Å². The fraction of sp³-hybridized carbons (Fsp3) is 0.412. The zero-order valence-electron chi connectivity index (χ0n) is 15.2. The zero-order chi connectivity index (χ0) is 19.3. The fourth-order valence-corrected chi connectivity index (χ4v) is 3.09. The molecule has 0 unspecified atom stereocenters. The number of nitrogens with one attached hydrogen (secondary N) is 1. The molecule has 1 amide bonds. The second-order valence-electron chi connectivity index (χ2n) is 6.46. The molecule has 2 aromatic rings. The van der Waals surface area contributed by atoms with Gasteiger partial charge in [0, 0.05) is 50.0 Å². The molecular formula is C17H25N5O3S. The van der Waals surface area contributed by atoms with Crippen molar-refractivity contribution in [3.8, 4) is 0 Å². The summed E-state index contributed by atoms with van der Waals surface area (Å²) >= 11 is 0. The van der Waals surface area contributed by atoms with E-state index in [0.29, 0.717) is 18.8 Å². The van der Waals surface area contributed by atoms with Crippen LogP contribution in [0.15, 0.2) is 41.6 Å². The van der Waals surface area contributed by atoms with Crippen LogP contribution in [-0.4, -0.2) is 41.6 Å². The van der Waals surface area contributed by atoms with Gasteiger partial charge in [0.25, 0.3) is 0 Å². The smallest absolute Gasteiger partial charge is 0.238 e. The molecule has 0 fully saturated rings. The molecule has 9 heteroatoms. The van der Waals surface area contributed by atoms with E-state index in [4.69, 9.17) is 5.14 Å². The van der Waals surface area contributed by atoms with Gasteiger partial charge in [0.2, 0.25) is 15.9 Å². The first-order valence-corrected chi connectivity index (χ1v) is 9.84. The minimum atomic E-state index is -3.80. The lowest BCUT2D eigenvalue weighted by Gasteiger charge is -2.25. The summed E-state index contributed by atoms with van der Waals surface area (Å²) in [4.78, 5) is 14.4. The Balaban J connectivity index is 1.94. The Morgan fingerprint density at radius 1 is 1.38 bits per heavy atom. The summed E-state index contributed by atoms with van der Waals surface area (Å²) in [6, 6.07) is 6.18. The molecular weight excluding hydrogens is 354 g/mol. The van der Waals surface area contributed by atoms with E-state index >= 15 is 0 Å². The summed E-state index contributed by atoms with van der Waals surface area (Å²) < 4.78 is 24.5. The average Bonchev–Trinajstić information content (AvgIpc) is 2.95. The lowest BCUT2D eigenvalue weighted by molar-refractivity contribution is -0.116. The SMILES string of the molecule is CC(C)N(CCC(=O)Nc1cccc(S(N)(=O)=O)c1)Cc1cnn(C)c1. The molecule has 0 aliphatic heterocycles. The number of rotatable bonds is 8. The van der Waals surface area contributed by atoms with Crippen molar-refractivity contribution in [2.45, 2.75) is 37.8 Å². The topological polar surface area (TPSA) is 110 Å². The molecule has 0 aliphatic rings. The minimum absolute atomic E-state index is 0.0318. The van der Waals surface area contributed by atoms with Crippen molar-refractivity contribution >= 4 is 21.6 Å². The van der Waals surface area contributed by atoms with Crippen LogP contribution in [0.2, 0.25) is 0 Å². The summed E-state index contributed by atoms with van der Waals surface area (Å²) in [5.41, 5.74) is 1.49. The van der Waals surface area contributed by atoms with Crippen LogP contribution in [0.1, 0.15) is 25.8 Å². The van der Waals surface area contributed by atoms with Crippen molar-refractivity contribution in [1.82, 2.24) is 14.7 Å². The summed E-state index contributed by atoms with van der Waals surface area (Å²) in [5.74, 6) is -0.187. The van der Waals surface area contributed by atoms with E-state index in [2.05, 4.69) is 29.2 Å². The lowest BCUT2D eigenvalue weighted by atomic mass is 10.2. The highest BCUT2D eigenvalue weighted by molar-refractivity contribution is 7.89. The van der Waals surface area contributed by atoms with Gasteiger partial charge in [-0.05, 0) is 32.0 Å². The highest BCUT2D eigenvalue weighted by Gasteiger charge is 2.14. The number of amides is 1. The number of anilines is 1. The maximum atomic E-state index is 12.2. The van der Waals surface area contributed by atoms with Gasteiger partial charge in [0.05, 0.1) is 11.1 Å². The molecule has 0 atom stereocenters. The predicted molar refractivity (Wildman–Crippen MR) is 99.8 cm³/mol. The fourth-order valence-electron chi connectivity index (χ4n) is 2.53. The Kier molecular flexibility index (Phi) is 6.52. The van der Waals surface area contributed by atoms with E-state index in [1.165, 1.54) is 18.2 Å². The Labute approximate surface area is 154 Å². The number of hydrogen-bond donors (Lipinski definition) is 2. The van der Waals surface area contributed by atoms with Gasteiger partial charge in [-0.25, -0.2) is 13.6 Å². The quantitative estimate of drug-likeness (QED) is 0.718. The first kappa shape index (κ1) is 20.1. The van der Waals surface area contributed by atoms with Crippen LogP contribution in [-0.2, 0) is 28.4 Å². The van der Waals surface area contributed by atoms with Crippen LogP contribution in [0.4, 0.5) is 5.69 Å². The van der Waals surface area contributed by atoms with Crippen molar-refractivity contribution in [2.24, 2.45) is 12.2 Å². The molecule has 26 heavy (non-hydrogen) atoms. The van der Waals surface area contributed by atoms with Crippen molar-refractivity contribution in [1.29, 1.82) is 0 Å². The van der Waals surface area contributed by atoms with E-state index in [1.54, 1.807) is 10.7 Å². The maximum Gasteiger partial charge on any atom is 0.238 e. The summed E-state index contributed by atoms with van der Waals surface area (Å²) in [5, 5.41) is 12.0. The lowest BCUT2D eigenvalue weighted by Crippen LogP contribution is -2.33. The van der Waals surface area contributed by atoms with Gasteiger partial charge < -0.3 is 5.32 Å². The number of hydrogen-bond acceptors (Lipinski definition) is 5. The molecule has 0 bridgehead atoms. The van der Waals surface area contributed by atoms with Crippen LogP contribution in [0.3, 0.4) is 0 Å². The Bertz CT molecular complexity index is 861. The number of carbonyl (C=O) groups is 1. The largest absolute Gasteiger partial charge is 0.326 e. The number of nitrogens with zero attached hydrogens (tertiary/aromatic N) is 3. The van der Waals surface area contributed by atoms with Gasteiger partial charge in [-0.1, -0.05) is 6.07 Å². The van der Waals surface area contributed by atoms with Gasteiger partial charge in [0.15, 0.2) is 0 Å². The first-order valence-electron chi connectivity index (χ1n) is 8.29. The van der Waals surface area contributed by atoms with Crippen LogP contribution in [0, 0.1) is 0 Å². The second kappa shape index (κ2) is 8.43. The molecule has 0 spiro atoms. The minimum Gasteiger partial charge on any atom is -0.326 e. The molecule has 1 aromatic carbocycles. The summed E-state index contributed by atoms with van der Waals surface area (Å²) in [6.07, 6.45) is 4.06. The van der Waals surface area contributed by atoms with E-state index < -0.39 is 10.0 Å². The number of carbonyl (C=O) groups excluding carboxylic acids is 1. The summed E-state index contributed by atoms with van der Waals surface area (Å²) in [7, 11) is -1.93. The number of sulfonamides is 1. The van der Waals surface area contributed by atoms with Gasteiger partial charge >= 0.3 is 0 Å². The molecule has 1 heterocycles. The third-order valence-electron chi connectivity index (χ3n) is 3.95. The molecule has 0 saturated heterocycles. The number of nitrogens with two attached hydrogens (primary N) is 1. The van der Waals surface area contributed by atoms with Crippen LogP contribution in [0.25, 0.3) is 0 Å². The normalized spacial score (nSPS) is 11.9. The Morgan fingerprint density at radius 2 is 2.12 bits per heavy atom. The third-order valence-corrected chi connectivity index (χ3v) is 4.86. The zero-order valence-corrected chi connectivity index (χ0v) is 16.0. The Hall–Kier alpha value is -2.23. The van der Waals surface area contributed by atoms with Crippen LogP contribution >= 0.6 is 0 Å². The van der Waals surface area contributed by atoms with E-state index in [9.17, 15) is 13.2 Å². The number of primary sulfonamides is 1. The highest BCUT2D eigenvalue weighted by Crippen LogP contribution is 2.15. The molecule has 142 valence electrons. The van der Waals surface area contributed by atoms with Crippen molar-refractivity contribution in [3.05, 3.63) is 42.2 Å². The molecule has 3 N–H and O–H groups in total. The van der Waals surface area contributed by atoms with E-state index in [0.717, 1.165) is 5.56 Å². The molecule has 0 aliphatic carbocycles. The van der Waals surface area contributed by atoms with Gasteiger partial charge in [-0.15, -0.1) is 0 Å². The van der Waals surface area contributed by atoms with Crippen molar-refractivity contribution in [2.75, 3.05) is 11.9 Å². The molecule has 1 aromatic heterocycles. The van der Waals surface area contributed by atoms with Crippen molar-refractivity contribution in [3.63, 3.8) is 0 Å². The third kappa shape index (κ3) is 5.94. The molecule has 0 radical (unpaired) electrons. The van der Waals surface area contributed by atoms with Crippen molar-refractivity contribution < 1.29 is 13.2 Å². The predicted octanol–water partition coefficient (Wildman–Crippen LogP) is 1.31. The second-order valence-corrected chi connectivity index (χ2v) is 8.02. The van der Waals surface area contributed by atoms with Gasteiger partial charge in [-0.2, -0.15) is 5.10 Å². The molecule has 2 rings (SSSR count). The standard InChI is InChI=1S/C17H25N5O3S/c1-13(2)22(12-14-10-19-21(3)11-14)8-7-17(23)20-15-5-4-6-16(9-15)26(18,24)25/h4-6,9-11,13H,7-8,12H2,1-3H3,(H,20,23)(H2,18,24,25). The van der Waals surface area contributed by atoms with Crippen LogP contribution in [0.5, 0.6) is 0 Å². The Morgan fingerprint density at radius 3 is 2.69 bits per heavy atom. The van der Waals surface area contributed by atoms with E-state index in [-0.39, 0.29) is 23.3 Å². The number of aryl methyl sites for hydroxylation is 1. The number of benzene rings is 1. The monoisotopic (exact) mass is 379 g/mol. The number of aromatic nitrogens is 2.